The standard InChI is InChI=1S/C18H16FN3OS/c1-22(2)13-9-7-12(8-10-13)11-16-17(23)21-18(24-16)20-15-6-4-3-5-14(15)19/h3-11H,1-2H3,(H,20,21,23). The molecule has 1 amide bonds. The summed E-state index contributed by atoms with van der Waals surface area (Å²) in [6, 6.07) is 14.1. The SMILES string of the molecule is CN(C)c1ccc(C=C2SC(=Nc3ccccc3F)NC2=O)cc1. The molecule has 0 bridgehead atoms. The Balaban J connectivity index is 1.81. The van der Waals surface area contributed by atoms with Crippen LogP contribution in [0.1, 0.15) is 5.56 Å². The molecule has 0 spiro atoms. The van der Waals surface area contributed by atoms with Crippen molar-refractivity contribution in [3.8, 4) is 0 Å². The molecule has 1 aliphatic rings. The lowest BCUT2D eigenvalue weighted by atomic mass is 10.2. The summed E-state index contributed by atoms with van der Waals surface area (Å²) in [6.07, 6.45) is 1.79. The number of hydrogen-bond donors (Lipinski definition) is 1. The normalized spacial score (nSPS) is 17.4. The highest BCUT2D eigenvalue weighted by molar-refractivity contribution is 8.18. The van der Waals surface area contributed by atoms with E-state index in [-0.39, 0.29) is 11.6 Å². The van der Waals surface area contributed by atoms with Gasteiger partial charge in [0.2, 0.25) is 0 Å². The Morgan fingerprint density at radius 3 is 2.50 bits per heavy atom. The van der Waals surface area contributed by atoms with Gasteiger partial charge in [-0.05, 0) is 47.7 Å². The number of benzene rings is 2. The highest BCUT2D eigenvalue weighted by atomic mass is 32.2. The average Bonchev–Trinajstić information content (AvgIpc) is 2.90. The lowest BCUT2D eigenvalue weighted by Crippen LogP contribution is -2.19. The van der Waals surface area contributed by atoms with Crippen LogP contribution >= 0.6 is 11.8 Å². The van der Waals surface area contributed by atoms with Gasteiger partial charge in [0.15, 0.2) is 5.17 Å². The lowest BCUT2D eigenvalue weighted by Gasteiger charge is -2.11. The number of thioether (sulfide) groups is 1. The number of carbonyl (C=O) groups is 1. The molecule has 4 nitrogen and oxygen atoms in total. The summed E-state index contributed by atoms with van der Waals surface area (Å²) in [5.41, 5.74) is 2.21. The molecule has 0 unspecified atom stereocenters. The quantitative estimate of drug-likeness (QED) is 0.864. The smallest absolute Gasteiger partial charge is 0.264 e. The van der Waals surface area contributed by atoms with Gasteiger partial charge in [-0.1, -0.05) is 24.3 Å². The maximum Gasteiger partial charge on any atom is 0.264 e. The van der Waals surface area contributed by atoms with E-state index in [0.717, 1.165) is 11.3 Å². The van der Waals surface area contributed by atoms with Crippen molar-refractivity contribution in [2.24, 2.45) is 4.99 Å². The zero-order valence-corrected chi connectivity index (χ0v) is 14.1. The fraction of sp³-hybridized carbons (Fsp3) is 0.111. The van der Waals surface area contributed by atoms with Gasteiger partial charge in [0.25, 0.3) is 5.91 Å². The molecule has 0 radical (unpaired) electrons. The van der Waals surface area contributed by atoms with Crippen molar-refractivity contribution in [1.29, 1.82) is 0 Å². The first-order valence-electron chi connectivity index (χ1n) is 7.34. The number of aliphatic imine (C=N–C) groups is 1. The summed E-state index contributed by atoms with van der Waals surface area (Å²) < 4.78 is 13.6. The molecule has 1 aliphatic heterocycles. The van der Waals surface area contributed by atoms with Gasteiger partial charge in [-0.15, -0.1) is 0 Å². The summed E-state index contributed by atoms with van der Waals surface area (Å²) in [4.78, 5) is 18.8. The third-order valence-electron chi connectivity index (χ3n) is 3.43. The van der Waals surface area contributed by atoms with Gasteiger partial charge in [0.1, 0.15) is 11.5 Å². The van der Waals surface area contributed by atoms with E-state index in [9.17, 15) is 9.18 Å². The predicted octanol–water partition coefficient (Wildman–Crippen LogP) is 3.78. The molecule has 2 aromatic rings. The molecule has 1 heterocycles. The topological polar surface area (TPSA) is 44.7 Å². The molecule has 24 heavy (non-hydrogen) atoms. The Hall–Kier alpha value is -2.60. The van der Waals surface area contributed by atoms with Crippen molar-refractivity contribution in [3.05, 3.63) is 64.8 Å². The number of halogens is 1. The minimum absolute atomic E-state index is 0.205. The Labute approximate surface area is 144 Å². The van der Waals surface area contributed by atoms with Gasteiger partial charge in [0.05, 0.1) is 4.91 Å². The number of nitrogens with one attached hydrogen (secondary N) is 1. The van der Waals surface area contributed by atoms with Crippen LogP contribution in [0.4, 0.5) is 15.8 Å². The number of rotatable bonds is 3. The van der Waals surface area contributed by atoms with Crippen molar-refractivity contribution >= 4 is 40.3 Å². The number of nitrogens with zero attached hydrogens (tertiary/aromatic N) is 2. The van der Waals surface area contributed by atoms with Gasteiger partial charge in [-0.3, -0.25) is 4.79 Å². The van der Waals surface area contributed by atoms with Gasteiger partial charge in [0, 0.05) is 19.8 Å². The van der Waals surface area contributed by atoms with Crippen molar-refractivity contribution in [1.82, 2.24) is 5.32 Å². The second-order valence-electron chi connectivity index (χ2n) is 5.42. The van der Waals surface area contributed by atoms with Crippen molar-refractivity contribution in [2.75, 3.05) is 19.0 Å². The number of carbonyl (C=O) groups excluding carboxylic acids is 1. The van der Waals surface area contributed by atoms with E-state index in [2.05, 4.69) is 10.3 Å². The molecule has 6 heteroatoms. The van der Waals surface area contributed by atoms with Crippen LogP contribution in [0.3, 0.4) is 0 Å². The molecule has 1 fully saturated rings. The molecule has 0 aromatic heterocycles. The van der Waals surface area contributed by atoms with E-state index in [4.69, 9.17) is 0 Å². The van der Waals surface area contributed by atoms with Gasteiger partial charge < -0.3 is 10.2 Å². The molecule has 2 aromatic carbocycles. The molecule has 0 saturated carbocycles. The zero-order chi connectivity index (χ0) is 17.1. The second kappa shape index (κ2) is 6.88. The van der Waals surface area contributed by atoms with Crippen LogP contribution in [0.25, 0.3) is 6.08 Å². The Morgan fingerprint density at radius 2 is 1.83 bits per heavy atom. The largest absolute Gasteiger partial charge is 0.378 e. The first-order valence-corrected chi connectivity index (χ1v) is 8.16. The van der Waals surface area contributed by atoms with Gasteiger partial charge in [-0.25, -0.2) is 9.38 Å². The highest BCUT2D eigenvalue weighted by Gasteiger charge is 2.24. The summed E-state index contributed by atoms with van der Waals surface area (Å²) in [7, 11) is 3.94. The number of para-hydroxylation sites is 1. The Kier molecular flexibility index (Phi) is 4.66. The highest BCUT2D eigenvalue weighted by Crippen LogP contribution is 2.29. The second-order valence-corrected chi connectivity index (χ2v) is 6.45. The summed E-state index contributed by atoms with van der Waals surface area (Å²) >= 11 is 1.20. The fourth-order valence-electron chi connectivity index (χ4n) is 2.15. The van der Waals surface area contributed by atoms with E-state index >= 15 is 0 Å². The lowest BCUT2D eigenvalue weighted by molar-refractivity contribution is -0.115. The van der Waals surface area contributed by atoms with E-state index < -0.39 is 5.82 Å². The van der Waals surface area contributed by atoms with Crippen LogP contribution in [0.5, 0.6) is 0 Å². The first kappa shape index (κ1) is 16.3. The fourth-order valence-corrected chi connectivity index (χ4v) is 2.99. The van der Waals surface area contributed by atoms with E-state index in [1.165, 1.54) is 17.8 Å². The summed E-state index contributed by atoms with van der Waals surface area (Å²) in [6.45, 7) is 0. The molecule has 3 rings (SSSR count). The number of amides is 1. The molecule has 122 valence electrons. The van der Waals surface area contributed by atoms with Crippen LogP contribution in [-0.4, -0.2) is 25.2 Å². The van der Waals surface area contributed by atoms with Crippen LogP contribution in [-0.2, 0) is 4.79 Å². The number of anilines is 1. The van der Waals surface area contributed by atoms with Crippen molar-refractivity contribution in [3.63, 3.8) is 0 Å². The molecule has 0 aliphatic carbocycles. The predicted molar refractivity (Wildman–Crippen MR) is 98.0 cm³/mol. The Morgan fingerprint density at radius 1 is 1.12 bits per heavy atom. The number of amidine groups is 1. The van der Waals surface area contributed by atoms with Crippen LogP contribution in [0.15, 0.2) is 58.4 Å². The van der Waals surface area contributed by atoms with Gasteiger partial charge in [-0.2, -0.15) is 0 Å². The van der Waals surface area contributed by atoms with Gasteiger partial charge >= 0.3 is 0 Å². The molecular weight excluding hydrogens is 325 g/mol. The molecule has 1 saturated heterocycles. The maximum atomic E-state index is 13.6. The number of hydrogen-bond acceptors (Lipinski definition) is 4. The van der Waals surface area contributed by atoms with Crippen molar-refractivity contribution < 1.29 is 9.18 Å². The van der Waals surface area contributed by atoms with Crippen LogP contribution in [0.2, 0.25) is 0 Å². The first-order chi connectivity index (χ1) is 11.5. The minimum atomic E-state index is -0.420. The third-order valence-corrected chi connectivity index (χ3v) is 4.34. The Bertz CT molecular complexity index is 828. The van der Waals surface area contributed by atoms with Crippen molar-refractivity contribution in [2.45, 2.75) is 0 Å². The zero-order valence-electron chi connectivity index (χ0n) is 13.3. The van der Waals surface area contributed by atoms with E-state index in [0.29, 0.717) is 10.1 Å². The molecule has 1 N–H and O–H groups in total. The molecular formula is C18H16FN3OS. The average molecular weight is 341 g/mol. The third kappa shape index (κ3) is 3.65. The van der Waals surface area contributed by atoms with E-state index in [1.807, 2.05) is 43.3 Å². The summed E-state index contributed by atoms with van der Waals surface area (Å²) in [5.74, 6) is -0.650. The van der Waals surface area contributed by atoms with Crippen LogP contribution < -0.4 is 10.2 Å². The minimum Gasteiger partial charge on any atom is -0.378 e. The molecule has 0 atom stereocenters. The summed E-state index contributed by atoms with van der Waals surface area (Å²) in [5, 5.41) is 3.04. The maximum absolute atomic E-state index is 13.6. The van der Waals surface area contributed by atoms with Crippen LogP contribution in [0, 0.1) is 5.82 Å². The van der Waals surface area contributed by atoms with E-state index in [1.54, 1.807) is 24.3 Å². The monoisotopic (exact) mass is 341 g/mol.